The SMILES string of the molecule is Cc1cc(C(=O)Nc2ccc(Br)c(N)c2)nn1C. The summed E-state index contributed by atoms with van der Waals surface area (Å²) in [6, 6.07) is 6.98. The third kappa shape index (κ3) is 2.53. The van der Waals surface area contributed by atoms with Crippen LogP contribution in [0.2, 0.25) is 0 Å². The summed E-state index contributed by atoms with van der Waals surface area (Å²) in [6.07, 6.45) is 0. The second-order valence-corrected chi connectivity index (χ2v) is 4.84. The molecule has 0 fully saturated rings. The number of benzene rings is 1. The molecule has 0 bridgehead atoms. The van der Waals surface area contributed by atoms with Crippen LogP contribution in [-0.2, 0) is 7.05 Å². The number of nitrogen functional groups attached to an aromatic ring is 1. The van der Waals surface area contributed by atoms with Gasteiger partial charge >= 0.3 is 0 Å². The third-order valence-electron chi connectivity index (χ3n) is 2.60. The third-order valence-corrected chi connectivity index (χ3v) is 3.32. The molecule has 2 aromatic rings. The molecule has 5 nitrogen and oxygen atoms in total. The number of aromatic nitrogens is 2. The maximum atomic E-state index is 11.9. The number of carbonyl (C=O) groups excluding carboxylic acids is 1. The first-order valence-corrected chi connectivity index (χ1v) is 6.13. The topological polar surface area (TPSA) is 72.9 Å². The largest absolute Gasteiger partial charge is 0.398 e. The molecular weight excluding hydrogens is 296 g/mol. The highest BCUT2D eigenvalue weighted by atomic mass is 79.9. The van der Waals surface area contributed by atoms with Gasteiger partial charge in [-0.2, -0.15) is 5.10 Å². The molecule has 18 heavy (non-hydrogen) atoms. The van der Waals surface area contributed by atoms with Gasteiger partial charge in [0.05, 0.1) is 0 Å². The maximum absolute atomic E-state index is 11.9. The Morgan fingerprint density at radius 1 is 1.44 bits per heavy atom. The van der Waals surface area contributed by atoms with Gasteiger partial charge < -0.3 is 11.1 Å². The number of amides is 1. The Morgan fingerprint density at radius 2 is 2.17 bits per heavy atom. The van der Waals surface area contributed by atoms with Gasteiger partial charge in [-0.25, -0.2) is 0 Å². The van der Waals surface area contributed by atoms with Crippen LogP contribution in [0.15, 0.2) is 28.7 Å². The number of rotatable bonds is 2. The molecule has 0 spiro atoms. The first kappa shape index (κ1) is 12.6. The molecule has 3 N–H and O–H groups in total. The first-order valence-electron chi connectivity index (χ1n) is 5.34. The lowest BCUT2D eigenvalue weighted by Gasteiger charge is -2.05. The number of aryl methyl sites for hydroxylation is 2. The molecule has 6 heteroatoms. The Bertz CT molecular complexity index is 587. The quantitative estimate of drug-likeness (QED) is 0.836. The molecule has 0 saturated heterocycles. The molecule has 94 valence electrons. The van der Waals surface area contributed by atoms with Gasteiger partial charge in [-0.05, 0) is 47.1 Å². The van der Waals surface area contributed by atoms with Gasteiger partial charge in [0.25, 0.3) is 5.91 Å². The molecule has 2 rings (SSSR count). The summed E-state index contributed by atoms with van der Waals surface area (Å²) in [5.41, 5.74) is 8.27. The van der Waals surface area contributed by atoms with Crippen LogP contribution in [0.4, 0.5) is 11.4 Å². The van der Waals surface area contributed by atoms with Gasteiger partial charge in [-0.1, -0.05) is 0 Å². The van der Waals surface area contributed by atoms with E-state index in [0.717, 1.165) is 10.2 Å². The van der Waals surface area contributed by atoms with E-state index in [1.807, 2.05) is 6.92 Å². The van der Waals surface area contributed by atoms with Gasteiger partial charge in [-0.3, -0.25) is 9.48 Å². The van der Waals surface area contributed by atoms with Crippen molar-refractivity contribution in [3.8, 4) is 0 Å². The summed E-state index contributed by atoms with van der Waals surface area (Å²) < 4.78 is 2.46. The van der Waals surface area contributed by atoms with Crippen LogP contribution >= 0.6 is 15.9 Å². The van der Waals surface area contributed by atoms with Crippen molar-refractivity contribution in [2.45, 2.75) is 6.92 Å². The van der Waals surface area contributed by atoms with Crippen molar-refractivity contribution in [2.75, 3.05) is 11.1 Å². The van der Waals surface area contributed by atoms with E-state index in [1.54, 1.807) is 36.0 Å². The lowest BCUT2D eigenvalue weighted by atomic mass is 10.2. The van der Waals surface area contributed by atoms with E-state index in [2.05, 4.69) is 26.3 Å². The second-order valence-electron chi connectivity index (χ2n) is 3.98. The van der Waals surface area contributed by atoms with Crippen LogP contribution in [0.25, 0.3) is 0 Å². The highest BCUT2D eigenvalue weighted by Gasteiger charge is 2.11. The average molecular weight is 309 g/mol. The normalized spacial score (nSPS) is 10.4. The molecule has 0 aliphatic heterocycles. The highest BCUT2D eigenvalue weighted by molar-refractivity contribution is 9.10. The van der Waals surface area contributed by atoms with Crippen LogP contribution in [0.3, 0.4) is 0 Å². The minimum absolute atomic E-state index is 0.250. The van der Waals surface area contributed by atoms with Crippen LogP contribution in [-0.4, -0.2) is 15.7 Å². The van der Waals surface area contributed by atoms with Crippen molar-refractivity contribution in [3.63, 3.8) is 0 Å². The Kier molecular flexibility index (Phi) is 3.38. The molecule has 0 atom stereocenters. The van der Waals surface area contributed by atoms with Crippen LogP contribution in [0.5, 0.6) is 0 Å². The Hall–Kier alpha value is -1.82. The predicted molar refractivity (Wildman–Crippen MR) is 74.5 cm³/mol. The van der Waals surface area contributed by atoms with Gasteiger partial charge in [0, 0.05) is 28.6 Å². The van der Waals surface area contributed by atoms with E-state index in [9.17, 15) is 4.79 Å². The molecule has 0 aliphatic carbocycles. The summed E-state index contributed by atoms with van der Waals surface area (Å²) >= 11 is 3.30. The molecule has 0 saturated carbocycles. The van der Waals surface area contributed by atoms with Crippen molar-refractivity contribution in [3.05, 3.63) is 40.1 Å². The summed E-state index contributed by atoms with van der Waals surface area (Å²) in [4.78, 5) is 11.9. The lowest BCUT2D eigenvalue weighted by Crippen LogP contribution is -2.13. The number of nitrogens with one attached hydrogen (secondary N) is 1. The monoisotopic (exact) mass is 308 g/mol. The van der Waals surface area contributed by atoms with E-state index in [4.69, 9.17) is 5.73 Å². The maximum Gasteiger partial charge on any atom is 0.276 e. The molecule has 1 heterocycles. The number of nitrogens with two attached hydrogens (primary N) is 1. The fraction of sp³-hybridized carbons (Fsp3) is 0.167. The van der Waals surface area contributed by atoms with Crippen molar-refractivity contribution >= 4 is 33.2 Å². The molecule has 0 unspecified atom stereocenters. The van der Waals surface area contributed by atoms with E-state index in [1.165, 1.54) is 0 Å². The Labute approximate surface area is 113 Å². The molecule has 1 amide bonds. The molecule has 0 aliphatic rings. The number of halogens is 1. The summed E-state index contributed by atoms with van der Waals surface area (Å²) in [6.45, 7) is 1.89. The smallest absolute Gasteiger partial charge is 0.276 e. The summed E-state index contributed by atoms with van der Waals surface area (Å²) in [7, 11) is 1.80. The zero-order valence-corrected chi connectivity index (χ0v) is 11.7. The molecule has 0 radical (unpaired) electrons. The van der Waals surface area contributed by atoms with Crippen molar-refractivity contribution in [2.24, 2.45) is 7.05 Å². The van der Waals surface area contributed by atoms with Crippen LogP contribution in [0, 0.1) is 6.92 Å². The number of anilines is 2. The van der Waals surface area contributed by atoms with Crippen molar-refractivity contribution < 1.29 is 4.79 Å². The van der Waals surface area contributed by atoms with Gasteiger partial charge in [0.1, 0.15) is 0 Å². The Balaban J connectivity index is 2.18. The lowest BCUT2D eigenvalue weighted by molar-refractivity contribution is 0.102. The molecule has 1 aromatic heterocycles. The van der Waals surface area contributed by atoms with Crippen LogP contribution in [0.1, 0.15) is 16.2 Å². The minimum atomic E-state index is -0.250. The Morgan fingerprint density at radius 3 is 2.72 bits per heavy atom. The predicted octanol–water partition coefficient (Wildman–Crippen LogP) is 2.33. The summed E-state index contributed by atoms with van der Waals surface area (Å²) in [5, 5.41) is 6.86. The van der Waals surface area contributed by atoms with Crippen LogP contribution < -0.4 is 11.1 Å². The second kappa shape index (κ2) is 4.81. The number of hydrogen-bond donors (Lipinski definition) is 2. The number of hydrogen-bond acceptors (Lipinski definition) is 3. The zero-order chi connectivity index (χ0) is 13.3. The van der Waals surface area contributed by atoms with Gasteiger partial charge in [0.2, 0.25) is 0 Å². The standard InChI is InChI=1S/C12H13BrN4O/c1-7-5-11(16-17(7)2)12(18)15-8-3-4-9(13)10(14)6-8/h3-6H,14H2,1-2H3,(H,15,18). The fourth-order valence-electron chi connectivity index (χ4n) is 1.49. The van der Waals surface area contributed by atoms with E-state index >= 15 is 0 Å². The number of carbonyl (C=O) groups is 1. The van der Waals surface area contributed by atoms with E-state index < -0.39 is 0 Å². The van der Waals surface area contributed by atoms with Crippen molar-refractivity contribution in [1.82, 2.24) is 9.78 Å². The number of nitrogens with zero attached hydrogens (tertiary/aromatic N) is 2. The van der Waals surface area contributed by atoms with Gasteiger partial charge in [0.15, 0.2) is 5.69 Å². The molecular formula is C12H13BrN4O. The fourth-order valence-corrected chi connectivity index (χ4v) is 1.73. The highest BCUT2D eigenvalue weighted by Crippen LogP contribution is 2.23. The summed E-state index contributed by atoms with van der Waals surface area (Å²) in [5.74, 6) is -0.250. The average Bonchev–Trinajstić information content (AvgIpc) is 2.65. The van der Waals surface area contributed by atoms with Gasteiger partial charge in [-0.15, -0.1) is 0 Å². The zero-order valence-electron chi connectivity index (χ0n) is 10.1. The molecule has 1 aromatic carbocycles. The minimum Gasteiger partial charge on any atom is -0.398 e. The van der Waals surface area contributed by atoms with E-state index in [-0.39, 0.29) is 5.91 Å². The van der Waals surface area contributed by atoms with E-state index in [0.29, 0.717) is 17.1 Å². The van der Waals surface area contributed by atoms with Crippen molar-refractivity contribution in [1.29, 1.82) is 0 Å². The first-order chi connectivity index (χ1) is 8.47.